The fourth-order valence-electron chi connectivity index (χ4n) is 2.50. The SMILES string of the molecule is O=C1[C@H](Nc2ccc(-n3cncn3)cc2)CCN1CC(F)(F)F. The van der Waals surface area contributed by atoms with Crippen LogP contribution in [0.2, 0.25) is 0 Å². The molecule has 1 saturated heterocycles. The maximum absolute atomic E-state index is 12.4. The van der Waals surface area contributed by atoms with Gasteiger partial charge in [0, 0.05) is 12.2 Å². The van der Waals surface area contributed by atoms with Crippen LogP contribution in [0.4, 0.5) is 18.9 Å². The molecular formula is C14H14F3N5O. The highest BCUT2D eigenvalue weighted by Gasteiger charge is 2.39. The zero-order valence-corrected chi connectivity index (χ0v) is 12.0. The number of benzene rings is 1. The first-order valence-corrected chi connectivity index (χ1v) is 6.99. The molecule has 1 fully saturated rings. The van der Waals surface area contributed by atoms with E-state index < -0.39 is 24.7 Å². The van der Waals surface area contributed by atoms with E-state index in [4.69, 9.17) is 0 Å². The molecule has 0 spiro atoms. The smallest absolute Gasteiger partial charge is 0.374 e. The summed E-state index contributed by atoms with van der Waals surface area (Å²) in [5.41, 5.74) is 1.46. The van der Waals surface area contributed by atoms with E-state index in [9.17, 15) is 18.0 Å². The molecule has 1 aromatic heterocycles. The van der Waals surface area contributed by atoms with E-state index >= 15 is 0 Å². The summed E-state index contributed by atoms with van der Waals surface area (Å²) >= 11 is 0. The van der Waals surface area contributed by atoms with Crippen molar-refractivity contribution in [3.05, 3.63) is 36.9 Å². The van der Waals surface area contributed by atoms with Gasteiger partial charge in [0.1, 0.15) is 25.2 Å². The molecule has 3 rings (SSSR count). The summed E-state index contributed by atoms with van der Waals surface area (Å²) in [5.74, 6) is -0.525. The van der Waals surface area contributed by atoms with Gasteiger partial charge in [0.2, 0.25) is 5.91 Å². The van der Waals surface area contributed by atoms with Gasteiger partial charge in [0.25, 0.3) is 0 Å². The van der Waals surface area contributed by atoms with E-state index in [-0.39, 0.29) is 6.54 Å². The van der Waals surface area contributed by atoms with Crippen molar-refractivity contribution in [2.24, 2.45) is 0 Å². The molecule has 0 radical (unpaired) electrons. The molecule has 1 aliphatic rings. The Morgan fingerprint density at radius 2 is 2.00 bits per heavy atom. The van der Waals surface area contributed by atoms with E-state index in [1.807, 2.05) is 0 Å². The van der Waals surface area contributed by atoms with E-state index in [1.54, 1.807) is 35.3 Å². The Kier molecular flexibility index (Phi) is 3.93. The average Bonchev–Trinajstić information content (AvgIpc) is 3.12. The summed E-state index contributed by atoms with van der Waals surface area (Å²) in [6.07, 6.45) is -1.06. The van der Waals surface area contributed by atoms with Gasteiger partial charge in [0.15, 0.2) is 0 Å². The summed E-state index contributed by atoms with van der Waals surface area (Å²) in [4.78, 5) is 16.7. The van der Waals surface area contributed by atoms with E-state index in [0.717, 1.165) is 10.6 Å². The Hall–Kier alpha value is -2.58. The van der Waals surface area contributed by atoms with Crippen molar-refractivity contribution in [3.63, 3.8) is 0 Å². The predicted octanol–water partition coefficient (Wildman–Crippen LogP) is 1.84. The van der Waals surface area contributed by atoms with Crippen molar-refractivity contribution in [1.82, 2.24) is 19.7 Å². The molecule has 0 unspecified atom stereocenters. The predicted molar refractivity (Wildman–Crippen MR) is 76.0 cm³/mol. The minimum Gasteiger partial charge on any atom is -0.374 e. The third-order valence-electron chi connectivity index (χ3n) is 3.56. The number of halogens is 3. The second-order valence-electron chi connectivity index (χ2n) is 5.25. The lowest BCUT2D eigenvalue weighted by atomic mass is 10.2. The van der Waals surface area contributed by atoms with Gasteiger partial charge >= 0.3 is 6.18 Å². The molecule has 1 amide bonds. The Bertz CT molecular complexity index is 669. The lowest BCUT2D eigenvalue weighted by molar-refractivity contribution is -0.157. The number of likely N-dealkylation sites (tertiary alicyclic amines) is 1. The Morgan fingerprint density at radius 1 is 1.26 bits per heavy atom. The second-order valence-corrected chi connectivity index (χ2v) is 5.25. The Labute approximate surface area is 129 Å². The van der Waals surface area contributed by atoms with Crippen molar-refractivity contribution in [2.45, 2.75) is 18.6 Å². The van der Waals surface area contributed by atoms with Crippen LogP contribution in [0.3, 0.4) is 0 Å². The van der Waals surface area contributed by atoms with Crippen molar-refractivity contribution >= 4 is 11.6 Å². The number of rotatable bonds is 4. The van der Waals surface area contributed by atoms with Crippen molar-refractivity contribution in [3.8, 4) is 5.69 Å². The number of nitrogens with zero attached hydrogens (tertiary/aromatic N) is 4. The number of nitrogens with one attached hydrogen (secondary N) is 1. The normalized spacial score (nSPS) is 18.5. The number of carbonyl (C=O) groups is 1. The molecule has 1 atom stereocenters. The minimum atomic E-state index is -4.37. The fraction of sp³-hybridized carbons (Fsp3) is 0.357. The largest absolute Gasteiger partial charge is 0.406 e. The van der Waals surface area contributed by atoms with E-state index in [2.05, 4.69) is 15.4 Å². The zero-order chi connectivity index (χ0) is 16.4. The van der Waals surface area contributed by atoms with Gasteiger partial charge in [-0.15, -0.1) is 0 Å². The third kappa shape index (κ3) is 3.61. The average molecular weight is 325 g/mol. The maximum Gasteiger partial charge on any atom is 0.406 e. The van der Waals surface area contributed by atoms with Gasteiger partial charge < -0.3 is 10.2 Å². The van der Waals surface area contributed by atoms with Gasteiger partial charge in [-0.2, -0.15) is 18.3 Å². The molecule has 1 N–H and O–H groups in total. The van der Waals surface area contributed by atoms with Crippen molar-refractivity contribution < 1.29 is 18.0 Å². The van der Waals surface area contributed by atoms with Gasteiger partial charge in [0.05, 0.1) is 5.69 Å². The number of aromatic nitrogens is 3. The topological polar surface area (TPSA) is 63.1 Å². The first-order chi connectivity index (χ1) is 10.9. The highest BCUT2D eigenvalue weighted by molar-refractivity contribution is 5.86. The third-order valence-corrected chi connectivity index (χ3v) is 3.56. The Balaban J connectivity index is 1.63. The van der Waals surface area contributed by atoms with E-state index in [1.165, 1.54) is 6.33 Å². The molecule has 9 heteroatoms. The maximum atomic E-state index is 12.4. The first kappa shape index (κ1) is 15.3. The lowest BCUT2D eigenvalue weighted by Gasteiger charge is -2.19. The summed E-state index contributed by atoms with van der Waals surface area (Å²) in [7, 11) is 0. The van der Waals surface area contributed by atoms with E-state index in [0.29, 0.717) is 12.1 Å². The summed E-state index contributed by atoms with van der Waals surface area (Å²) in [6.45, 7) is -1.09. The van der Waals surface area contributed by atoms with Gasteiger partial charge in [-0.3, -0.25) is 4.79 Å². The standard InChI is InChI=1S/C14H14F3N5O/c15-14(16,17)7-21-6-5-12(13(21)23)20-10-1-3-11(4-2-10)22-9-18-8-19-22/h1-4,8-9,12,20H,5-7H2/t12-/m1/s1. The van der Waals surface area contributed by atoms with Crippen LogP contribution in [-0.4, -0.2) is 50.9 Å². The number of alkyl halides is 3. The molecule has 0 aliphatic carbocycles. The van der Waals surface area contributed by atoms with Crippen LogP contribution in [0.5, 0.6) is 0 Å². The molecule has 2 aromatic rings. The first-order valence-electron chi connectivity index (χ1n) is 6.99. The van der Waals surface area contributed by atoms with Crippen LogP contribution in [0.15, 0.2) is 36.9 Å². The quantitative estimate of drug-likeness (QED) is 0.932. The molecule has 1 aliphatic heterocycles. The highest BCUT2D eigenvalue weighted by atomic mass is 19.4. The number of amides is 1. The molecule has 0 saturated carbocycles. The monoisotopic (exact) mass is 325 g/mol. The number of hydrogen-bond acceptors (Lipinski definition) is 4. The molecule has 122 valence electrons. The van der Waals surface area contributed by atoms with Crippen LogP contribution >= 0.6 is 0 Å². The van der Waals surface area contributed by atoms with Crippen molar-refractivity contribution in [1.29, 1.82) is 0 Å². The minimum absolute atomic E-state index is 0.104. The highest BCUT2D eigenvalue weighted by Crippen LogP contribution is 2.23. The fourth-order valence-corrected chi connectivity index (χ4v) is 2.50. The number of anilines is 1. The summed E-state index contributed by atoms with van der Waals surface area (Å²) in [6, 6.07) is 6.43. The van der Waals surface area contributed by atoms with Crippen LogP contribution in [0, 0.1) is 0 Å². The van der Waals surface area contributed by atoms with Crippen molar-refractivity contribution in [2.75, 3.05) is 18.4 Å². The van der Waals surface area contributed by atoms with Gasteiger partial charge in [-0.1, -0.05) is 0 Å². The Morgan fingerprint density at radius 3 is 2.61 bits per heavy atom. The van der Waals surface area contributed by atoms with Crippen LogP contribution in [0.25, 0.3) is 5.69 Å². The molecule has 23 heavy (non-hydrogen) atoms. The van der Waals surface area contributed by atoms with Crippen LogP contribution in [-0.2, 0) is 4.79 Å². The number of carbonyl (C=O) groups excluding carboxylic acids is 1. The molecule has 6 nitrogen and oxygen atoms in total. The van der Waals surface area contributed by atoms with Gasteiger partial charge in [-0.05, 0) is 30.7 Å². The molecule has 2 heterocycles. The number of hydrogen-bond donors (Lipinski definition) is 1. The van der Waals surface area contributed by atoms with Crippen LogP contribution < -0.4 is 5.32 Å². The molecule has 1 aromatic carbocycles. The summed E-state index contributed by atoms with van der Waals surface area (Å²) in [5, 5.41) is 6.97. The molecular weight excluding hydrogens is 311 g/mol. The summed E-state index contributed by atoms with van der Waals surface area (Å²) < 4.78 is 38.7. The lowest BCUT2D eigenvalue weighted by Crippen LogP contribution is -2.39. The van der Waals surface area contributed by atoms with Gasteiger partial charge in [-0.25, -0.2) is 9.67 Å². The second kappa shape index (κ2) is 5.90. The zero-order valence-electron chi connectivity index (χ0n) is 12.0. The van der Waals surface area contributed by atoms with Crippen LogP contribution in [0.1, 0.15) is 6.42 Å². The molecule has 0 bridgehead atoms.